The summed E-state index contributed by atoms with van der Waals surface area (Å²) in [5.41, 5.74) is 4.10. The van der Waals surface area contributed by atoms with Crippen LogP contribution in [-0.2, 0) is 11.3 Å². The van der Waals surface area contributed by atoms with Gasteiger partial charge >= 0.3 is 12.1 Å². The lowest BCUT2D eigenvalue weighted by molar-refractivity contribution is 0.146. The molecule has 0 unspecified atom stereocenters. The number of hydrogen-bond donors (Lipinski definition) is 2. The molecule has 0 fully saturated rings. The van der Waals surface area contributed by atoms with Crippen LogP contribution in [0.25, 0.3) is 10.2 Å². The third-order valence-corrected chi connectivity index (χ3v) is 5.13. The molecule has 0 aliphatic heterocycles. The zero-order chi connectivity index (χ0) is 19.9. The number of fused-ring (bicyclic) bond motifs is 1. The normalized spacial score (nSPS) is 10.5. The fourth-order valence-electron chi connectivity index (χ4n) is 2.41. The molecule has 0 saturated carbocycles. The number of ether oxygens (including phenoxy) is 1. The second kappa shape index (κ2) is 9.38. The van der Waals surface area contributed by atoms with Gasteiger partial charge in [-0.05, 0) is 29.8 Å². The Morgan fingerprint density at radius 3 is 2.89 bits per heavy atom. The first-order valence-electron chi connectivity index (χ1n) is 8.52. The number of nitrogens with one attached hydrogen (secondary N) is 2. The van der Waals surface area contributed by atoms with Gasteiger partial charge in [0.05, 0.1) is 22.3 Å². The number of aromatic nitrogens is 1. The van der Waals surface area contributed by atoms with Crippen molar-refractivity contribution in [3.05, 3.63) is 58.6 Å². The van der Waals surface area contributed by atoms with Crippen LogP contribution in [0.5, 0.6) is 0 Å². The summed E-state index contributed by atoms with van der Waals surface area (Å²) in [6, 6.07) is 12.5. The van der Waals surface area contributed by atoms with Gasteiger partial charge in [-0.1, -0.05) is 29.8 Å². The SMILES string of the molecule is CN(CCOC(=O)Nc1ccc2ncsc2c1)C(=O)NCc1ccccc1Cl. The van der Waals surface area contributed by atoms with E-state index in [0.717, 1.165) is 15.8 Å². The summed E-state index contributed by atoms with van der Waals surface area (Å²) < 4.78 is 6.12. The Bertz CT molecular complexity index is 978. The molecule has 1 heterocycles. The van der Waals surface area contributed by atoms with Crippen LogP contribution in [0.1, 0.15) is 5.56 Å². The Hall–Kier alpha value is -2.84. The van der Waals surface area contributed by atoms with Crippen LogP contribution < -0.4 is 10.6 Å². The summed E-state index contributed by atoms with van der Waals surface area (Å²) in [7, 11) is 1.63. The van der Waals surface area contributed by atoms with Gasteiger partial charge in [0.2, 0.25) is 0 Å². The summed E-state index contributed by atoms with van der Waals surface area (Å²) in [6.45, 7) is 0.657. The van der Waals surface area contributed by atoms with Crippen LogP contribution >= 0.6 is 22.9 Å². The maximum atomic E-state index is 12.1. The molecule has 2 N–H and O–H groups in total. The number of nitrogens with zero attached hydrogens (tertiary/aromatic N) is 2. The van der Waals surface area contributed by atoms with Crippen LogP contribution in [0.3, 0.4) is 0 Å². The third-order valence-electron chi connectivity index (χ3n) is 3.97. The van der Waals surface area contributed by atoms with Gasteiger partial charge in [0.15, 0.2) is 0 Å². The fraction of sp³-hybridized carbons (Fsp3) is 0.211. The van der Waals surface area contributed by atoms with Crippen molar-refractivity contribution in [2.75, 3.05) is 25.5 Å². The number of hydrogen-bond acceptors (Lipinski definition) is 5. The molecule has 146 valence electrons. The lowest BCUT2D eigenvalue weighted by Crippen LogP contribution is -2.39. The number of thiazole rings is 1. The van der Waals surface area contributed by atoms with Crippen molar-refractivity contribution in [2.24, 2.45) is 0 Å². The number of urea groups is 1. The van der Waals surface area contributed by atoms with Crippen molar-refractivity contribution in [3.63, 3.8) is 0 Å². The van der Waals surface area contributed by atoms with E-state index in [1.807, 2.05) is 30.3 Å². The van der Waals surface area contributed by atoms with Crippen LogP contribution in [0.2, 0.25) is 5.02 Å². The Labute approximate surface area is 171 Å². The van der Waals surface area contributed by atoms with E-state index in [2.05, 4.69) is 15.6 Å². The van der Waals surface area contributed by atoms with Gasteiger partial charge < -0.3 is 15.0 Å². The predicted octanol–water partition coefficient (Wildman–Crippen LogP) is 4.34. The van der Waals surface area contributed by atoms with E-state index in [1.54, 1.807) is 24.7 Å². The van der Waals surface area contributed by atoms with Gasteiger partial charge in [0.25, 0.3) is 0 Å². The number of halogens is 1. The highest BCUT2D eigenvalue weighted by Crippen LogP contribution is 2.21. The molecule has 0 radical (unpaired) electrons. The molecule has 0 spiro atoms. The zero-order valence-corrected chi connectivity index (χ0v) is 16.7. The first kappa shape index (κ1) is 19.9. The second-order valence-electron chi connectivity index (χ2n) is 5.97. The number of benzene rings is 2. The second-order valence-corrected chi connectivity index (χ2v) is 7.26. The van der Waals surface area contributed by atoms with E-state index in [4.69, 9.17) is 16.3 Å². The van der Waals surface area contributed by atoms with Crippen molar-refractivity contribution in [1.82, 2.24) is 15.2 Å². The molecule has 3 aromatic rings. The molecule has 0 atom stereocenters. The van der Waals surface area contributed by atoms with Gasteiger partial charge in [-0.2, -0.15) is 0 Å². The van der Waals surface area contributed by atoms with Crippen LogP contribution in [-0.4, -0.2) is 42.2 Å². The van der Waals surface area contributed by atoms with Crippen molar-refractivity contribution in [2.45, 2.75) is 6.54 Å². The molecule has 1 aromatic heterocycles. The first-order valence-corrected chi connectivity index (χ1v) is 9.78. The minimum absolute atomic E-state index is 0.0741. The minimum Gasteiger partial charge on any atom is -0.447 e. The maximum Gasteiger partial charge on any atom is 0.411 e. The molecule has 0 aliphatic rings. The Kier molecular flexibility index (Phi) is 6.67. The number of carbonyl (C=O) groups is 2. The Morgan fingerprint density at radius 1 is 1.25 bits per heavy atom. The standard InChI is InChI=1S/C19H19ClN4O3S/c1-24(18(25)21-11-13-4-2-3-5-15(13)20)8-9-27-19(26)23-14-6-7-16-17(10-14)28-12-22-16/h2-7,10,12H,8-9,11H2,1H3,(H,21,25)(H,23,26). The van der Waals surface area contributed by atoms with Crippen LogP contribution in [0.15, 0.2) is 48.0 Å². The van der Waals surface area contributed by atoms with Crippen molar-refractivity contribution in [3.8, 4) is 0 Å². The molecule has 0 bridgehead atoms. The third kappa shape index (κ3) is 5.34. The average molecular weight is 419 g/mol. The van der Waals surface area contributed by atoms with E-state index in [9.17, 15) is 9.59 Å². The van der Waals surface area contributed by atoms with E-state index in [1.165, 1.54) is 16.2 Å². The lowest BCUT2D eigenvalue weighted by atomic mass is 10.2. The van der Waals surface area contributed by atoms with E-state index in [0.29, 0.717) is 17.3 Å². The van der Waals surface area contributed by atoms with Crippen LogP contribution in [0.4, 0.5) is 15.3 Å². The smallest absolute Gasteiger partial charge is 0.411 e. The molecule has 3 rings (SSSR count). The van der Waals surface area contributed by atoms with E-state index < -0.39 is 6.09 Å². The number of anilines is 1. The Morgan fingerprint density at radius 2 is 2.07 bits per heavy atom. The molecule has 0 saturated heterocycles. The van der Waals surface area contributed by atoms with Crippen molar-refractivity contribution in [1.29, 1.82) is 0 Å². The van der Waals surface area contributed by atoms with Gasteiger partial charge in [0, 0.05) is 24.3 Å². The van der Waals surface area contributed by atoms with E-state index >= 15 is 0 Å². The summed E-state index contributed by atoms with van der Waals surface area (Å²) in [5.74, 6) is 0. The summed E-state index contributed by atoms with van der Waals surface area (Å²) in [5, 5.41) is 6.04. The molecule has 2 aromatic carbocycles. The van der Waals surface area contributed by atoms with Gasteiger partial charge in [-0.25, -0.2) is 14.6 Å². The molecular formula is C19H19ClN4O3S. The number of likely N-dealkylation sites (N-methyl/N-ethyl adjacent to an activating group) is 1. The molecule has 0 aliphatic carbocycles. The summed E-state index contributed by atoms with van der Waals surface area (Å²) in [6.07, 6.45) is -0.575. The molecular weight excluding hydrogens is 400 g/mol. The number of rotatable bonds is 6. The number of amides is 3. The van der Waals surface area contributed by atoms with Crippen molar-refractivity contribution >= 4 is 51.0 Å². The molecule has 3 amide bonds. The quantitative estimate of drug-likeness (QED) is 0.623. The van der Waals surface area contributed by atoms with Crippen LogP contribution in [0, 0.1) is 0 Å². The summed E-state index contributed by atoms with van der Waals surface area (Å²) in [4.78, 5) is 29.6. The highest BCUT2D eigenvalue weighted by Gasteiger charge is 2.11. The highest BCUT2D eigenvalue weighted by atomic mass is 35.5. The topological polar surface area (TPSA) is 83.6 Å². The van der Waals surface area contributed by atoms with Gasteiger partial charge in [-0.15, -0.1) is 11.3 Å². The molecule has 28 heavy (non-hydrogen) atoms. The Balaban J connectivity index is 1.39. The fourth-order valence-corrected chi connectivity index (χ4v) is 3.33. The summed E-state index contributed by atoms with van der Waals surface area (Å²) >= 11 is 7.56. The monoisotopic (exact) mass is 418 g/mol. The van der Waals surface area contributed by atoms with Gasteiger partial charge in [-0.3, -0.25) is 5.32 Å². The number of carbonyl (C=O) groups excluding carboxylic acids is 2. The zero-order valence-electron chi connectivity index (χ0n) is 15.1. The maximum absolute atomic E-state index is 12.1. The molecule has 9 heteroatoms. The van der Waals surface area contributed by atoms with Crippen molar-refractivity contribution < 1.29 is 14.3 Å². The highest BCUT2D eigenvalue weighted by molar-refractivity contribution is 7.16. The predicted molar refractivity (Wildman–Crippen MR) is 111 cm³/mol. The average Bonchev–Trinajstić information content (AvgIpc) is 3.14. The largest absolute Gasteiger partial charge is 0.447 e. The lowest BCUT2D eigenvalue weighted by Gasteiger charge is -2.18. The van der Waals surface area contributed by atoms with Gasteiger partial charge in [0.1, 0.15) is 6.61 Å². The minimum atomic E-state index is -0.575. The molecule has 7 nitrogen and oxygen atoms in total. The first-order chi connectivity index (χ1) is 13.5. The van der Waals surface area contributed by atoms with E-state index in [-0.39, 0.29) is 19.2 Å².